The van der Waals surface area contributed by atoms with Gasteiger partial charge >= 0.3 is 0 Å². The number of nitrogens with zero attached hydrogens (tertiary/aromatic N) is 2. The first-order chi connectivity index (χ1) is 9.19. The number of hydrogen-bond acceptors (Lipinski definition) is 5. The molecule has 2 aromatic heterocycles. The van der Waals surface area contributed by atoms with Gasteiger partial charge in [-0.05, 0) is 32.5 Å². The zero-order chi connectivity index (χ0) is 13.7. The number of nitrogens with one attached hydrogen (secondary N) is 1. The van der Waals surface area contributed by atoms with Crippen LogP contribution in [-0.4, -0.2) is 16.5 Å². The Morgan fingerprint density at radius 1 is 1.21 bits per heavy atom. The van der Waals surface area contributed by atoms with Crippen molar-refractivity contribution in [2.45, 2.75) is 33.9 Å². The molecule has 0 radical (unpaired) electrons. The maximum atomic E-state index is 5.83. The summed E-state index contributed by atoms with van der Waals surface area (Å²) in [6.45, 7) is 8.20. The number of pyridine rings is 1. The van der Waals surface area contributed by atoms with Gasteiger partial charge in [0.05, 0.1) is 5.69 Å². The van der Waals surface area contributed by atoms with E-state index in [9.17, 15) is 0 Å². The molecule has 0 aliphatic heterocycles. The first kappa shape index (κ1) is 14.0. The van der Waals surface area contributed by atoms with Gasteiger partial charge in [0.2, 0.25) is 0 Å². The van der Waals surface area contributed by atoms with E-state index < -0.39 is 0 Å². The quantitative estimate of drug-likeness (QED) is 0.882. The van der Waals surface area contributed by atoms with Crippen LogP contribution in [0.1, 0.15) is 29.0 Å². The third-order valence-corrected chi connectivity index (χ3v) is 3.57. The van der Waals surface area contributed by atoms with E-state index in [1.54, 1.807) is 11.3 Å². The maximum Gasteiger partial charge on any atom is 0.142 e. The summed E-state index contributed by atoms with van der Waals surface area (Å²) < 4.78 is 5.83. The third-order valence-electron chi connectivity index (χ3n) is 2.63. The van der Waals surface area contributed by atoms with Crippen molar-refractivity contribution >= 4 is 11.3 Å². The van der Waals surface area contributed by atoms with Gasteiger partial charge < -0.3 is 10.1 Å². The van der Waals surface area contributed by atoms with Crippen LogP contribution in [0.15, 0.2) is 17.5 Å². The molecule has 0 unspecified atom stereocenters. The van der Waals surface area contributed by atoms with Crippen LogP contribution in [0.2, 0.25) is 0 Å². The first-order valence-electron chi connectivity index (χ1n) is 6.40. The fourth-order valence-electron chi connectivity index (χ4n) is 1.71. The molecule has 19 heavy (non-hydrogen) atoms. The zero-order valence-electron chi connectivity index (χ0n) is 11.6. The van der Waals surface area contributed by atoms with Crippen LogP contribution in [0.25, 0.3) is 0 Å². The van der Waals surface area contributed by atoms with Crippen LogP contribution >= 0.6 is 11.3 Å². The second-order valence-corrected chi connectivity index (χ2v) is 5.29. The van der Waals surface area contributed by atoms with E-state index in [0.717, 1.165) is 40.9 Å². The molecule has 0 fully saturated rings. The Morgan fingerprint density at radius 3 is 2.74 bits per heavy atom. The normalized spacial score (nSPS) is 10.7. The molecule has 0 aliphatic rings. The number of hydrogen-bond donors (Lipinski definition) is 1. The van der Waals surface area contributed by atoms with Gasteiger partial charge in [0, 0.05) is 23.3 Å². The average molecular weight is 277 g/mol. The maximum absolute atomic E-state index is 5.83. The SMILES string of the molecule is CCNCc1nc(C)ccc1OCc1nc(C)cs1. The lowest BCUT2D eigenvalue weighted by molar-refractivity contribution is 0.299. The molecule has 2 aromatic rings. The predicted molar refractivity (Wildman–Crippen MR) is 77.5 cm³/mol. The molecule has 0 amide bonds. The lowest BCUT2D eigenvalue weighted by atomic mass is 10.3. The molecule has 0 aromatic carbocycles. The van der Waals surface area contributed by atoms with Gasteiger partial charge in [-0.3, -0.25) is 4.98 Å². The molecule has 0 aliphatic carbocycles. The van der Waals surface area contributed by atoms with Crippen molar-refractivity contribution in [1.82, 2.24) is 15.3 Å². The van der Waals surface area contributed by atoms with Gasteiger partial charge in [-0.1, -0.05) is 6.92 Å². The molecule has 0 saturated carbocycles. The molecule has 0 bridgehead atoms. The molecular formula is C14H19N3OS. The van der Waals surface area contributed by atoms with Crippen LogP contribution in [0, 0.1) is 13.8 Å². The second kappa shape index (κ2) is 6.63. The van der Waals surface area contributed by atoms with E-state index in [-0.39, 0.29) is 0 Å². The number of thiazole rings is 1. The molecule has 1 N–H and O–H groups in total. The van der Waals surface area contributed by atoms with Crippen molar-refractivity contribution < 1.29 is 4.74 Å². The van der Waals surface area contributed by atoms with Gasteiger partial charge in [0.25, 0.3) is 0 Å². The van der Waals surface area contributed by atoms with Crippen molar-refractivity contribution in [2.75, 3.05) is 6.54 Å². The monoisotopic (exact) mass is 277 g/mol. The van der Waals surface area contributed by atoms with Crippen molar-refractivity contribution in [2.24, 2.45) is 0 Å². The van der Waals surface area contributed by atoms with Gasteiger partial charge in [-0.2, -0.15) is 0 Å². The molecule has 102 valence electrons. The fourth-order valence-corrected chi connectivity index (χ4v) is 2.39. The second-order valence-electron chi connectivity index (χ2n) is 4.35. The van der Waals surface area contributed by atoms with E-state index in [0.29, 0.717) is 6.61 Å². The van der Waals surface area contributed by atoms with Crippen molar-refractivity contribution in [1.29, 1.82) is 0 Å². The molecular weight excluding hydrogens is 258 g/mol. The number of aromatic nitrogens is 2. The number of ether oxygens (including phenoxy) is 1. The summed E-state index contributed by atoms with van der Waals surface area (Å²) in [4.78, 5) is 8.92. The number of rotatable bonds is 6. The average Bonchev–Trinajstić information content (AvgIpc) is 2.81. The Labute approximate surface area is 117 Å². The topological polar surface area (TPSA) is 47.0 Å². The summed E-state index contributed by atoms with van der Waals surface area (Å²) in [5, 5.41) is 6.31. The third kappa shape index (κ3) is 4.01. The smallest absolute Gasteiger partial charge is 0.142 e. The minimum atomic E-state index is 0.502. The van der Waals surface area contributed by atoms with Crippen molar-refractivity contribution in [3.05, 3.63) is 39.6 Å². The highest BCUT2D eigenvalue weighted by Crippen LogP contribution is 2.19. The zero-order valence-corrected chi connectivity index (χ0v) is 12.4. The number of aryl methyl sites for hydroxylation is 2. The molecule has 2 heterocycles. The predicted octanol–water partition coefficient (Wildman–Crippen LogP) is 2.84. The van der Waals surface area contributed by atoms with E-state index in [1.807, 2.05) is 31.4 Å². The Bertz CT molecular complexity index is 539. The molecule has 0 spiro atoms. The molecule has 0 atom stereocenters. The van der Waals surface area contributed by atoms with Crippen LogP contribution in [0.4, 0.5) is 0 Å². The molecule has 0 saturated heterocycles. The van der Waals surface area contributed by atoms with Gasteiger partial charge in [0.1, 0.15) is 17.4 Å². The largest absolute Gasteiger partial charge is 0.484 e. The summed E-state index contributed by atoms with van der Waals surface area (Å²) >= 11 is 1.62. The van der Waals surface area contributed by atoms with Crippen LogP contribution in [-0.2, 0) is 13.2 Å². The summed E-state index contributed by atoms with van der Waals surface area (Å²) in [5.41, 5.74) is 3.00. The minimum absolute atomic E-state index is 0.502. The highest BCUT2D eigenvalue weighted by molar-refractivity contribution is 7.09. The Balaban J connectivity index is 2.05. The Kier molecular flexibility index (Phi) is 4.87. The molecule has 4 nitrogen and oxygen atoms in total. The Morgan fingerprint density at radius 2 is 2.05 bits per heavy atom. The first-order valence-corrected chi connectivity index (χ1v) is 7.28. The lowest BCUT2D eigenvalue weighted by Gasteiger charge is -2.10. The van der Waals surface area contributed by atoms with E-state index in [4.69, 9.17) is 4.74 Å². The summed E-state index contributed by atoms with van der Waals surface area (Å²) in [5.74, 6) is 0.833. The van der Waals surface area contributed by atoms with Crippen molar-refractivity contribution in [3.63, 3.8) is 0 Å². The Hall–Kier alpha value is -1.46. The van der Waals surface area contributed by atoms with Gasteiger partial charge in [-0.15, -0.1) is 11.3 Å². The van der Waals surface area contributed by atoms with E-state index in [1.165, 1.54) is 0 Å². The minimum Gasteiger partial charge on any atom is -0.484 e. The summed E-state index contributed by atoms with van der Waals surface area (Å²) in [6.07, 6.45) is 0. The van der Waals surface area contributed by atoms with Gasteiger partial charge in [0.15, 0.2) is 0 Å². The highest BCUT2D eigenvalue weighted by atomic mass is 32.1. The highest BCUT2D eigenvalue weighted by Gasteiger charge is 2.07. The van der Waals surface area contributed by atoms with Crippen molar-refractivity contribution in [3.8, 4) is 5.75 Å². The standard InChI is InChI=1S/C14H19N3OS/c1-4-15-7-12-13(6-5-10(2)16-12)18-8-14-17-11(3)9-19-14/h5-6,9,15H,4,7-8H2,1-3H3. The lowest BCUT2D eigenvalue weighted by Crippen LogP contribution is -2.14. The molecule has 2 rings (SSSR count). The fraction of sp³-hybridized carbons (Fsp3) is 0.429. The van der Waals surface area contributed by atoms with Crippen LogP contribution in [0.3, 0.4) is 0 Å². The van der Waals surface area contributed by atoms with Crippen LogP contribution in [0.5, 0.6) is 5.75 Å². The van der Waals surface area contributed by atoms with E-state index in [2.05, 4.69) is 22.2 Å². The van der Waals surface area contributed by atoms with Gasteiger partial charge in [-0.25, -0.2) is 4.98 Å². The van der Waals surface area contributed by atoms with E-state index >= 15 is 0 Å². The summed E-state index contributed by atoms with van der Waals surface area (Å²) in [6, 6.07) is 3.95. The van der Waals surface area contributed by atoms with Crippen LogP contribution < -0.4 is 10.1 Å². The molecule has 5 heteroatoms. The summed E-state index contributed by atoms with van der Waals surface area (Å²) in [7, 11) is 0.